The van der Waals surface area contributed by atoms with Crippen LogP contribution in [0.4, 0.5) is 9.59 Å². The van der Waals surface area contributed by atoms with E-state index < -0.39 is 57.3 Å². The van der Waals surface area contributed by atoms with Crippen molar-refractivity contribution >= 4 is 68.6 Å². The Morgan fingerprint density at radius 2 is 0.900 bits per heavy atom. The number of carbonyl (C=O) groups excluding carboxylic acids is 2. The van der Waals surface area contributed by atoms with Gasteiger partial charge in [0.05, 0.1) is 0 Å². The van der Waals surface area contributed by atoms with Crippen molar-refractivity contribution in [3.63, 3.8) is 0 Å². The zero-order valence-electron chi connectivity index (χ0n) is 36.6. The number of nitrogens with one attached hydrogen (secondary N) is 2. The van der Waals surface area contributed by atoms with E-state index in [2.05, 4.69) is 127 Å². The van der Waals surface area contributed by atoms with Gasteiger partial charge >= 0.3 is 288 Å². The molecule has 2 fully saturated rings. The molecule has 10 heteroatoms. The second kappa shape index (κ2) is 21.9. The maximum absolute atomic E-state index is 11.6. The average Bonchev–Trinajstić information content (AvgIpc) is 4.08. The standard InChI is InChI=1S/C16H14.2C13H14N.2C4H11NOSi.Ga.Zr.H/c1-3-9-15(10-4-1)13-7-8-14-16-11-5-2-6-12-16;2*1-2-6-12-11(5-1)7-8-13(12)14-9-3-4-10-14;2*1-7(2,3)4(5)6;;;/h1-14H;2*1-2,5-8H,3-4,9-10H2;2*1-3H3,(H2,5,6);;;/q;;;;;+2;;/p-2. The summed E-state index contributed by atoms with van der Waals surface area (Å²) in [4.78, 5) is 28.4. The van der Waals surface area contributed by atoms with Gasteiger partial charge < -0.3 is 0 Å². The molecular weight excluding hydrogens is 906 g/mol. The first-order valence-electron chi connectivity index (χ1n) is 21.8. The van der Waals surface area contributed by atoms with Crippen molar-refractivity contribution in [1.29, 1.82) is 0 Å². The summed E-state index contributed by atoms with van der Waals surface area (Å²) in [5, 5.41) is 0. The van der Waals surface area contributed by atoms with Crippen molar-refractivity contribution in [2.45, 2.75) is 72.2 Å². The fourth-order valence-corrected chi connectivity index (χ4v) is 21.6. The van der Waals surface area contributed by atoms with Gasteiger partial charge in [-0.15, -0.1) is 0 Å². The van der Waals surface area contributed by atoms with Crippen molar-refractivity contribution in [3.05, 3.63) is 167 Å². The summed E-state index contributed by atoms with van der Waals surface area (Å²) in [6, 6.07) is 39.1. The van der Waals surface area contributed by atoms with E-state index in [4.69, 9.17) is 0 Å². The monoisotopic (exact) mass is 966 g/mol. The van der Waals surface area contributed by atoms with Crippen molar-refractivity contribution < 1.29 is 32.8 Å². The van der Waals surface area contributed by atoms with Crippen LogP contribution in [-0.4, -0.2) is 81.1 Å². The number of benzene rings is 4. The summed E-state index contributed by atoms with van der Waals surface area (Å²) in [5.41, 5.74) is 12.1. The van der Waals surface area contributed by atoms with Gasteiger partial charge in [-0.1, -0.05) is 85.0 Å². The number of carbonyl (C=O) groups is 2. The Morgan fingerprint density at radius 1 is 0.550 bits per heavy atom. The fourth-order valence-electron chi connectivity index (χ4n) is 7.81. The molecule has 0 radical (unpaired) electrons. The molecule has 2 heterocycles. The summed E-state index contributed by atoms with van der Waals surface area (Å²) in [5.74, 6) is 0. The first-order chi connectivity index (χ1) is 28.9. The topological polar surface area (TPSA) is 64.7 Å². The van der Waals surface area contributed by atoms with E-state index in [1.165, 1.54) is 74.1 Å². The Balaban J connectivity index is 0.000000167. The third-order valence-electron chi connectivity index (χ3n) is 11.2. The molecule has 2 N–H and O–H groups in total. The normalized spacial score (nSPS) is 18.1. The molecule has 310 valence electrons. The second-order valence-corrected chi connectivity index (χ2v) is 34.0. The molecular formula is C50H63GaN4O2Si2Zr. The van der Waals surface area contributed by atoms with Crippen LogP contribution >= 0.6 is 0 Å². The van der Waals surface area contributed by atoms with Crippen molar-refractivity contribution in [1.82, 2.24) is 17.8 Å². The molecule has 0 spiro atoms. The molecule has 2 unspecified atom stereocenters. The molecule has 0 aromatic heterocycles. The van der Waals surface area contributed by atoms with Crippen LogP contribution in [0.15, 0.2) is 133 Å². The Hall–Kier alpha value is -3.67. The number of nitrogens with zero attached hydrogens (tertiary/aromatic N) is 2. The van der Waals surface area contributed by atoms with Crippen LogP contribution in [0.25, 0.3) is 23.5 Å². The van der Waals surface area contributed by atoms with Gasteiger partial charge in [-0.3, -0.25) is 0 Å². The zero-order chi connectivity index (χ0) is 42.5. The molecule has 60 heavy (non-hydrogen) atoms. The first-order valence-corrected chi connectivity index (χ1v) is 34.6. The Kier molecular flexibility index (Phi) is 16.7. The number of hydrogen-bond donors (Lipinski definition) is 2. The quantitative estimate of drug-likeness (QED) is 0.116. The van der Waals surface area contributed by atoms with Crippen LogP contribution in [0.1, 0.15) is 66.3 Å². The summed E-state index contributed by atoms with van der Waals surface area (Å²) >= 11 is -2.13. The molecule has 4 aliphatic rings. The molecule has 0 bridgehead atoms. The Bertz CT molecular complexity index is 2010. The van der Waals surface area contributed by atoms with Crippen molar-refractivity contribution in [2.75, 3.05) is 26.2 Å². The maximum atomic E-state index is 11.6. The van der Waals surface area contributed by atoms with E-state index in [0.717, 1.165) is 0 Å². The van der Waals surface area contributed by atoms with Gasteiger partial charge in [0.1, 0.15) is 0 Å². The van der Waals surface area contributed by atoms with Crippen LogP contribution < -0.4 is 8.05 Å². The molecule has 2 aliphatic carbocycles. The first kappa shape index (κ1) is 45.9. The average molecular weight is 969 g/mol. The molecule has 4 aromatic carbocycles. The summed E-state index contributed by atoms with van der Waals surface area (Å²) in [6.07, 6.45) is 19.0. The summed E-state index contributed by atoms with van der Waals surface area (Å²) in [6.45, 7) is 17.0. The number of allylic oxidation sites excluding steroid dienone is 4. The van der Waals surface area contributed by atoms with E-state index in [-0.39, 0.29) is 11.1 Å². The van der Waals surface area contributed by atoms with Crippen LogP contribution in [0.5, 0.6) is 0 Å². The Morgan fingerprint density at radius 3 is 1.27 bits per heavy atom. The zero-order valence-corrected chi connectivity index (χ0v) is 44.0. The minimum atomic E-state index is -1.72. The molecule has 0 saturated carbocycles. The van der Waals surface area contributed by atoms with Gasteiger partial charge in [-0.05, 0) is 11.1 Å². The van der Waals surface area contributed by atoms with E-state index in [1.807, 2.05) is 75.7 Å². The third kappa shape index (κ3) is 12.9. The van der Waals surface area contributed by atoms with Crippen molar-refractivity contribution in [2.24, 2.45) is 0 Å². The summed E-state index contributed by atoms with van der Waals surface area (Å²) < 4.78 is 7.24. The minimum absolute atomic E-state index is 0.165. The molecule has 2 atom stereocenters. The van der Waals surface area contributed by atoms with Crippen LogP contribution in [-0.2, 0) is 23.2 Å². The SMILES string of the molecule is C(C=Cc1ccccc1)=Cc1ccccc1.C1=C(N2CCCC2)c2ccccc2[CH]1[Zr][CH]1C=C(N2CCCC2)c2ccccc21.C[Si](C)(C)C(=O)[NH][GaH][NH]C(=O)[Si](C)(C)C. The van der Waals surface area contributed by atoms with Crippen LogP contribution in [0.2, 0.25) is 39.3 Å². The van der Waals surface area contributed by atoms with Gasteiger partial charge in [0.25, 0.3) is 0 Å². The van der Waals surface area contributed by atoms with Crippen LogP contribution in [0, 0.1) is 0 Å². The van der Waals surface area contributed by atoms with E-state index >= 15 is 0 Å². The number of amides is 2. The Labute approximate surface area is 381 Å². The van der Waals surface area contributed by atoms with Gasteiger partial charge in [-0.2, -0.15) is 0 Å². The number of hydrogen-bond acceptors (Lipinski definition) is 4. The van der Waals surface area contributed by atoms with Crippen molar-refractivity contribution in [3.8, 4) is 0 Å². The number of fused-ring (bicyclic) bond motifs is 2. The van der Waals surface area contributed by atoms with Gasteiger partial charge in [0, 0.05) is 0 Å². The predicted molar refractivity (Wildman–Crippen MR) is 258 cm³/mol. The molecule has 2 aliphatic heterocycles. The third-order valence-corrected chi connectivity index (χ3v) is 22.0. The van der Waals surface area contributed by atoms with E-state index in [0.29, 0.717) is 7.25 Å². The fraction of sp³-hybridized carbons (Fsp3) is 0.320. The van der Waals surface area contributed by atoms with E-state index in [9.17, 15) is 9.59 Å². The van der Waals surface area contributed by atoms with E-state index in [1.54, 1.807) is 22.5 Å². The molecule has 8 rings (SSSR count). The predicted octanol–water partition coefficient (Wildman–Crippen LogP) is 11.4. The number of likely N-dealkylation sites (tertiary alicyclic amines) is 2. The molecule has 2 saturated heterocycles. The second-order valence-electron chi connectivity index (χ2n) is 18.0. The summed E-state index contributed by atoms with van der Waals surface area (Å²) in [7, 11) is -3.44. The molecule has 6 nitrogen and oxygen atoms in total. The molecule has 2 amide bonds. The molecule has 4 aromatic rings. The number of rotatable bonds is 11. The van der Waals surface area contributed by atoms with Gasteiger partial charge in [-0.25, -0.2) is 0 Å². The van der Waals surface area contributed by atoms with Crippen LogP contribution in [0.3, 0.4) is 0 Å². The van der Waals surface area contributed by atoms with Gasteiger partial charge in [0.2, 0.25) is 0 Å². The van der Waals surface area contributed by atoms with Gasteiger partial charge in [0.15, 0.2) is 0 Å².